The topological polar surface area (TPSA) is 111 Å². The Morgan fingerprint density at radius 1 is 1.12 bits per heavy atom. The molecule has 0 aromatic heterocycles. The number of nitrogens with one attached hydrogen (secondary N) is 2. The van der Waals surface area contributed by atoms with Crippen LogP contribution < -0.4 is 15.4 Å². The van der Waals surface area contributed by atoms with E-state index in [2.05, 4.69) is 10.6 Å². The summed E-state index contributed by atoms with van der Waals surface area (Å²) in [6.07, 6.45) is 0. The number of para-hydroxylation sites is 1. The lowest BCUT2D eigenvalue weighted by atomic mass is 10.1. The zero-order chi connectivity index (χ0) is 17.5. The highest BCUT2D eigenvalue weighted by Crippen LogP contribution is 2.18. The summed E-state index contributed by atoms with van der Waals surface area (Å²) in [5.74, 6) is -0.442. The van der Waals surface area contributed by atoms with E-state index in [1.54, 1.807) is 24.3 Å². The van der Waals surface area contributed by atoms with Crippen molar-refractivity contribution < 1.29 is 19.2 Å². The Morgan fingerprint density at radius 3 is 2.42 bits per heavy atom. The van der Waals surface area contributed by atoms with Gasteiger partial charge in [0.2, 0.25) is 0 Å². The van der Waals surface area contributed by atoms with E-state index < -0.39 is 10.8 Å². The van der Waals surface area contributed by atoms with E-state index in [1.807, 2.05) is 0 Å². The van der Waals surface area contributed by atoms with Gasteiger partial charge in [0.1, 0.15) is 5.75 Å². The minimum absolute atomic E-state index is 0.0636. The summed E-state index contributed by atoms with van der Waals surface area (Å²) >= 11 is 0. The summed E-state index contributed by atoms with van der Waals surface area (Å²) in [5.41, 5.74) is 0.643. The molecule has 0 aliphatic rings. The lowest BCUT2D eigenvalue weighted by molar-refractivity contribution is -0.384. The first kappa shape index (κ1) is 16.9. The third-order valence-electron chi connectivity index (χ3n) is 3.09. The van der Waals surface area contributed by atoms with Crippen molar-refractivity contribution in [2.45, 2.75) is 0 Å². The second kappa shape index (κ2) is 7.73. The van der Waals surface area contributed by atoms with E-state index in [0.29, 0.717) is 17.0 Å². The highest BCUT2D eigenvalue weighted by Gasteiger charge is 2.12. The average Bonchev–Trinajstić information content (AvgIpc) is 2.60. The fourth-order valence-electron chi connectivity index (χ4n) is 1.92. The minimum atomic E-state index is -0.522. The van der Waals surface area contributed by atoms with Gasteiger partial charge in [-0.15, -0.1) is 0 Å². The first-order valence-corrected chi connectivity index (χ1v) is 6.99. The zero-order valence-electron chi connectivity index (χ0n) is 12.8. The van der Waals surface area contributed by atoms with Gasteiger partial charge in [0.05, 0.1) is 16.2 Å². The van der Waals surface area contributed by atoms with Crippen LogP contribution in [0.1, 0.15) is 10.4 Å². The van der Waals surface area contributed by atoms with Crippen molar-refractivity contribution in [1.29, 1.82) is 0 Å². The number of nitro benzene ring substituents is 1. The normalized spacial score (nSPS) is 9.88. The summed E-state index contributed by atoms with van der Waals surface area (Å²) in [6, 6.07) is 12.0. The number of nitrogens with zero attached hydrogens (tertiary/aromatic N) is 1. The highest BCUT2D eigenvalue weighted by molar-refractivity contribution is 6.03. The molecule has 124 valence electrons. The maximum Gasteiger partial charge on any atom is 0.269 e. The molecule has 0 unspecified atom stereocenters. The number of benzene rings is 2. The molecule has 2 amide bonds. The van der Waals surface area contributed by atoms with Crippen LogP contribution in [0.25, 0.3) is 0 Å². The van der Waals surface area contributed by atoms with Crippen molar-refractivity contribution in [3.63, 3.8) is 0 Å². The van der Waals surface area contributed by atoms with Gasteiger partial charge in [-0.25, -0.2) is 0 Å². The summed E-state index contributed by atoms with van der Waals surface area (Å²) < 4.78 is 5.27. The Kier molecular flexibility index (Phi) is 5.45. The van der Waals surface area contributed by atoms with Crippen LogP contribution >= 0.6 is 0 Å². The van der Waals surface area contributed by atoms with E-state index in [0.717, 1.165) is 0 Å². The van der Waals surface area contributed by atoms with Crippen LogP contribution in [-0.2, 0) is 4.79 Å². The van der Waals surface area contributed by atoms with Gasteiger partial charge in [0.25, 0.3) is 17.5 Å². The molecule has 0 fully saturated rings. The lowest BCUT2D eigenvalue weighted by Gasteiger charge is -2.10. The second-order valence-corrected chi connectivity index (χ2v) is 4.71. The van der Waals surface area contributed by atoms with Crippen molar-refractivity contribution in [2.75, 3.05) is 19.0 Å². The number of ether oxygens (including phenoxy) is 1. The number of carbonyl (C=O) groups is 2. The Hall–Kier alpha value is -3.42. The van der Waals surface area contributed by atoms with Gasteiger partial charge in [-0.2, -0.15) is 0 Å². The largest absolute Gasteiger partial charge is 0.484 e. The number of rotatable bonds is 6. The number of hydrogen-bond donors (Lipinski definition) is 2. The van der Waals surface area contributed by atoms with Gasteiger partial charge in [-0.1, -0.05) is 12.1 Å². The molecule has 0 saturated carbocycles. The van der Waals surface area contributed by atoms with Gasteiger partial charge in [-0.05, 0) is 24.3 Å². The Labute approximate surface area is 137 Å². The summed E-state index contributed by atoms with van der Waals surface area (Å²) in [6.45, 7) is -0.292. The van der Waals surface area contributed by atoms with E-state index >= 15 is 0 Å². The van der Waals surface area contributed by atoms with Gasteiger partial charge in [0.15, 0.2) is 6.61 Å². The van der Waals surface area contributed by atoms with Crippen molar-refractivity contribution >= 4 is 23.2 Å². The number of carbonyl (C=O) groups excluding carboxylic acids is 2. The van der Waals surface area contributed by atoms with Crippen LogP contribution in [-0.4, -0.2) is 30.4 Å². The smallest absolute Gasteiger partial charge is 0.269 e. The van der Waals surface area contributed by atoms with Gasteiger partial charge >= 0.3 is 0 Å². The average molecular weight is 329 g/mol. The Morgan fingerprint density at radius 2 is 1.79 bits per heavy atom. The van der Waals surface area contributed by atoms with Crippen molar-refractivity contribution in [2.24, 2.45) is 0 Å². The quantitative estimate of drug-likeness (QED) is 0.622. The molecule has 0 bridgehead atoms. The molecule has 2 N–H and O–H groups in total. The molecule has 0 spiro atoms. The Bertz CT molecular complexity index is 759. The number of anilines is 1. The standard InChI is InChI=1S/C16H15N3O5/c1-17-16(21)13-4-2-3-5-14(13)18-15(20)10-24-12-8-6-11(7-9-12)19(22)23/h2-9H,10H2,1H3,(H,17,21)(H,18,20). The minimum Gasteiger partial charge on any atom is -0.484 e. The molecule has 0 aliphatic carbocycles. The highest BCUT2D eigenvalue weighted by atomic mass is 16.6. The molecule has 0 atom stereocenters. The second-order valence-electron chi connectivity index (χ2n) is 4.71. The number of amides is 2. The fourth-order valence-corrected chi connectivity index (χ4v) is 1.92. The molecular formula is C16H15N3O5. The number of nitro groups is 1. The molecular weight excluding hydrogens is 314 g/mol. The Balaban J connectivity index is 1.96. The summed E-state index contributed by atoms with van der Waals surface area (Å²) in [4.78, 5) is 33.7. The van der Waals surface area contributed by atoms with Gasteiger partial charge in [-0.3, -0.25) is 19.7 Å². The third kappa shape index (κ3) is 4.29. The number of hydrogen-bond acceptors (Lipinski definition) is 5. The molecule has 8 heteroatoms. The molecule has 0 aliphatic heterocycles. The zero-order valence-corrected chi connectivity index (χ0v) is 12.8. The lowest BCUT2D eigenvalue weighted by Crippen LogP contribution is -2.24. The third-order valence-corrected chi connectivity index (χ3v) is 3.09. The van der Waals surface area contributed by atoms with Crippen LogP contribution in [0.4, 0.5) is 11.4 Å². The van der Waals surface area contributed by atoms with Crippen molar-refractivity contribution in [3.8, 4) is 5.75 Å². The van der Waals surface area contributed by atoms with Crippen molar-refractivity contribution in [3.05, 3.63) is 64.2 Å². The molecule has 2 aromatic rings. The van der Waals surface area contributed by atoms with E-state index in [-0.39, 0.29) is 18.2 Å². The first-order chi connectivity index (χ1) is 11.5. The molecule has 2 aromatic carbocycles. The van der Waals surface area contributed by atoms with Gasteiger partial charge in [0, 0.05) is 19.2 Å². The molecule has 0 radical (unpaired) electrons. The maximum absolute atomic E-state index is 11.9. The molecule has 0 saturated heterocycles. The summed E-state index contributed by atoms with van der Waals surface area (Å²) in [7, 11) is 1.50. The van der Waals surface area contributed by atoms with Crippen LogP contribution in [0.15, 0.2) is 48.5 Å². The van der Waals surface area contributed by atoms with Crippen LogP contribution in [0.3, 0.4) is 0 Å². The van der Waals surface area contributed by atoms with E-state index in [4.69, 9.17) is 4.74 Å². The van der Waals surface area contributed by atoms with Crippen LogP contribution in [0, 0.1) is 10.1 Å². The number of non-ortho nitro benzene ring substituents is 1. The molecule has 24 heavy (non-hydrogen) atoms. The van der Waals surface area contributed by atoms with Gasteiger partial charge < -0.3 is 15.4 Å². The summed E-state index contributed by atoms with van der Waals surface area (Å²) in [5, 5.41) is 15.6. The van der Waals surface area contributed by atoms with E-state index in [9.17, 15) is 19.7 Å². The van der Waals surface area contributed by atoms with Crippen LogP contribution in [0.2, 0.25) is 0 Å². The van der Waals surface area contributed by atoms with E-state index in [1.165, 1.54) is 31.3 Å². The SMILES string of the molecule is CNC(=O)c1ccccc1NC(=O)COc1ccc([N+](=O)[O-])cc1. The molecule has 2 rings (SSSR count). The fraction of sp³-hybridized carbons (Fsp3) is 0.125. The van der Waals surface area contributed by atoms with Crippen molar-refractivity contribution in [1.82, 2.24) is 5.32 Å². The van der Waals surface area contributed by atoms with Crippen LogP contribution in [0.5, 0.6) is 5.75 Å². The molecule has 0 heterocycles. The predicted octanol–water partition coefficient (Wildman–Crippen LogP) is 1.97. The first-order valence-electron chi connectivity index (χ1n) is 6.99. The monoisotopic (exact) mass is 329 g/mol. The maximum atomic E-state index is 11.9. The molecule has 8 nitrogen and oxygen atoms in total. The predicted molar refractivity (Wildman–Crippen MR) is 87.1 cm³/mol.